The van der Waals surface area contributed by atoms with E-state index in [0.717, 1.165) is 37.6 Å². The van der Waals surface area contributed by atoms with Crippen molar-refractivity contribution in [1.82, 2.24) is 19.7 Å². The van der Waals surface area contributed by atoms with Gasteiger partial charge in [0.1, 0.15) is 0 Å². The van der Waals surface area contributed by atoms with Gasteiger partial charge in [0.15, 0.2) is 10.3 Å². The van der Waals surface area contributed by atoms with Crippen LogP contribution in [0.5, 0.6) is 0 Å². The monoisotopic (exact) mass is 456 g/mol. The Labute approximate surface area is 191 Å². The van der Waals surface area contributed by atoms with Crippen LogP contribution in [0.1, 0.15) is 31.7 Å². The number of thioether (sulfide) groups is 1. The van der Waals surface area contributed by atoms with Crippen LogP contribution >= 0.6 is 23.4 Å². The van der Waals surface area contributed by atoms with Gasteiger partial charge in [-0.3, -0.25) is 9.36 Å². The normalized spacial score (nSPS) is 15.0. The van der Waals surface area contributed by atoms with E-state index in [-0.39, 0.29) is 11.1 Å². The summed E-state index contributed by atoms with van der Waals surface area (Å²) in [5.41, 5.74) is 2.67. The van der Waals surface area contributed by atoms with E-state index >= 15 is 0 Å². The molecule has 0 radical (unpaired) electrons. The summed E-state index contributed by atoms with van der Waals surface area (Å²) in [6.07, 6.45) is 5.12. The zero-order valence-corrected chi connectivity index (χ0v) is 19.2. The molecule has 3 heterocycles. The highest BCUT2D eigenvalue weighted by Gasteiger charge is 2.25. The number of halogens is 1. The van der Waals surface area contributed by atoms with Gasteiger partial charge < -0.3 is 10.2 Å². The van der Waals surface area contributed by atoms with E-state index in [1.807, 2.05) is 6.92 Å². The Morgan fingerprint density at radius 3 is 2.58 bits per heavy atom. The molecule has 1 unspecified atom stereocenters. The van der Waals surface area contributed by atoms with Crippen LogP contribution < -0.4 is 10.2 Å². The minimum absolute atomic E-state index is 0.169. The molecule has 0 aliphatic carbocycles. The molecule has 2 aromatic heterocycles. The molecule has 0 saturated carbocycles. The minimum Gasteiger partial charge on any atom is -0.341 e. The zero-order chi connectivity index (χ0) is 21.8. The number of amides is 1. The maximum atomic E-state index is 12.8. The van der Waals surface area contributed by atoms with Crippen LogP contribution in [0.15, 0.2) is 47.8 Å². The summed E-state index contributed by atoms with van der Waals surface area (Å²) in [7, 11) is 0. The second-order valence-electron chi connectivity index (χ2n) is 7.59. The third-order valence-corrected chi connectivity index (χ3v) is 6.56. The molecule has 0 bridgehead atoms. The lowest BCUT2D eigenvalue weighted by atomic mass is 10.1. The van der Waals surface area contributed by atoms with E-state index in [9.17, 15) is 4.79 Å². The van der Waals surface area contributed by atoms with E-state index < -0.39 is 5.25 Å². The SMILES string of the molecule is Cc1ccc(-n2c(SC(C)C(=O)Nc3cccnc3Cl)nnc2N2CCCCC2)cc1. The molecule has 9 heteroatoms. The fourth-order valence-corrected chi connectivity index (χ4v) is 4.51. The van der Waals surface area contributed by atoms with Crippen LogP contribution in [0.4, 0.5) is 11.6 Å². The summed E-state index contributed by atoms with van der Waals surface area (Å²) >= 11 is 7.45. The highest BCUT2D eigenvalue weighted by Crippen LogP contribution is 2.31. The molecule has 1 amide bonds. The number of piperidine rings is 1. The molecule has 7 nitrogen and oxygen atoms in total. The van der Waals surface area contributed by atoms with Gasteiger partial charge in [-0.25, -0.2) is 4.98 Å². The first-order chi connectivity index (χ1) is 15.0. The molecular weight excluding hydrogens is 432 g/mol. The largest absolute Gasteiger partial charge is 0.341 e. The quantitative estimate of drug-likeness (QED) is 0.426. The van der Waals surface area contributed by atoms with Crippen LogP contribution in [0.25, 0.3) is 5.69 Å². The number of nitrogens with one attached hydrogen (secondary N) is 1. The molecule has 1 aliphatic rings. The molecular formula is C22H25ClN6OS. The lowest BCUT2D eigenvalue weighted by Crippen LogP contribution is -2.31. The van der Waals surface area contributed by atoms with Crippen LogP contribution in [0.2, 0.25) is 5.15 Å². The molecule has 0 spiro atoms. The minimum atomic E-state index is -0.404. The van der Waals surface area contributed by atoms with E-state index in [1.165, 1.54) is 23.7 Å². The van der Waals surface area contributed by atoms with Crippen LogP contribution in [-0.2, 0) is 4.79 Å². The fourth-order valence-electron chi connectivity index (χ4n) is 3.48. The van der Waals surface area contributed by atoms with Gasteiger partial charge in [0, 0.05) is 19.3 Å². The van der Waals surface area contributed by atoms with Gasteiger partial charge in [-0.2, -0.15) is 0 Å². The number of aryl methyl sites for hydroxylation is 1. The fraction of sp³-hybridized carbons (Fsp3) is 0.364. The maximum Gasteiger partial charge on any atom is 0.237 e. The van der Waals surface area contributed by atoms with Crippen LogP contribution in [0.3, 0.4) is 0 Å². The van der Waals surface area contributed by atoms with E-state index in [4.69, 9.17) is 11.6 Å². The van der Waals surface area contributed by atoms with Crippen molar-refractivity contribution in [2.24, 2.45) is 0 Å². The summed E-state index contributed by atoms with van der Waals surface area (Å²) < 4.78 is 2.05. The standard InChI is InChI=1S/C22H25ClN6OS/c1-15-8-10-17(11-9-15)29-21(28-13-4-3-5-14-28)26-27-22(29)31-16(2)20(30)25-18-7-6-12-24-19(18)23/h6-12,16H,3-5,13-14H2,1-2H3,(H,25,30). The summed E-state index contributed by atoms with van der Waals surface area (Å²) in [4.78, 5) is 19.1. The predicted molar refractivity (Wildman–Crippen MR) is 125 cm³/mol. The molecule has 1 aromatic carbocycles. The number of carbonyl (C=O) groups excluding carboxylic acids is 1. The first-order valence-electron chi connectivity index (χ1n) is 10.4. The topological polar surface area (TPSA) is 75.9 Å². The number of aromatic nitrogens is 4. The highest BCUT2D eigenvalue weighted by atomic mass is 35.5. The molecule has 1 fully saturated rings. The predicted octanol–water partition coefficient (Wildman–Crippen LogP) is 4.73. The van der Waals surface area contributed by atoms with Gasteiger partial charge >= 0.3 is 0 Å². The lowest BCUT2D eigenvalue weighted by molar-refractivity contribution is -0.115. The van der Waals surface area contributed by atoms with Gasteiger partial charge in [-0.05, 0) is 57.4 Å². The number of hydrogen-bond donors (Lipinski definition) is 1. The number of benzene rings is 1. The smallest absolute Gasteiger partial charge is 0.237 e. The Balaban J connectivity index is 1.59. The molecule has 1 saturated heterocycles. The molecule has 1 N–H and O–H groups in total. The van der Waals surface area contributed by atoms with Gasteiger partial charge in [-0.15, -0.1) is 10.2 Å². The van der Waals surface area contributed by atoms with Crippen molar-refractivity contribution in [3.8, 4) is 5.69 Å². The zero-order valence-electron chi connectivity index (χ0n) is 17.6. The van der Waals surface area contributed by atoms with Crippen LogP contribution in [0, 0.1) is 6.92 Å². The van der Waals surface area contributed by atoms with E-state index in [2.05, 4.69) is 61.2 Å². The van der Waals surface area contributed by atoms with Crippen molar-refractivity contribution in [2.75, 3.05) is 23.3 Å². The molecule has 1 aliphatic heterocycles. The van der Waals surface area contributed by atoms with Crippen molar-refractivity contribution in [1.29, 1.82) is 0 Å². The second kappa shape index (κ2) is 9.70. The molecule has 1 atom stereocenters. The Bertz CT molecular complexity index is 1050. The number of hydrogen-bond acceptors (Lipinski definition) is 6. The molecule has 162 valence electrons. The number of rotatable bonds is 6. The number of nitrogens with zero attached hydrogens (tertiary/aromatic N) is 5. The first-order valence-corrected chi connectivity index (χ1v) is 11.6. The third kappa shape index (κ3) is 5.02. The van der Waals surface area contributed by atoms with Gasteiger partial charge in [0.05, 0.1) is 16.6 Å². The highest BCUT2D eigenvalue weighted by molar-refractivity contribution is 8.00. The van der Waals surface area contributed by atoms with Crippen LogP contribution in [-0.4, -0.2) is 44.0 Å². The van der Waals surface area contributed by atoms with Gasteiger partial charge in [0.2, 0.25) is 11.9 Å². The third-order valence-electron chi connectivity index (χ3n) is 5.22. The molecule has 3 aromatic rings. The number of carbonyl (C=O) groups is 1. The van der Waals surface area contributed by atoms with Crippen molar-refractivity contribution < 1.29 is 4.79 Å². The van der Waals surface area contributed by atoms with Gasteiger partial charge in [-0.1, -0.05) is 41.1 Å². The van der Waals surface area contributed by atoms with Crippen molar-refractivity contribution >= 4 is 40.9 Å². The Morgan fingerprint density at radius 1 is 1.13 bits per heavy atom. The lowest BCUT2D eigenvalue weighted by Gasteiger charge is -2.28. The maximum absolute atomic E-state index is 12.8. The number of pyridine rings is 1. The van der Waals surface area contributed by atoms with Crippen molar-refractivity contribution in [3.63, 3.8) is 0 Å². The molecule has 31 heavy (non-hydrogen) atoms. The summed E-state index contributed by atoms with van der Waals surface area (Å²) in [5.74, 6) is 0.659. The summed E-state index contributed by atoms with van der Waals surface area (Å²) in [6.45, 7) is 5.83. The first kappa shape index (κ1) is 21.6. The van der Waals surface area contributed by atoms with Crippen molar-refractivity contribution in [2.45, 2.75) is 43.5 Å². The Hall–Kier alpha value is -2.58. The molecule has 4 rings (SSSR count). The Kier molecular flexibility index (Phi) is 6.77. The summed E-state index contributed by atoms with van der Waals surface area (Å²) in [5, 5.41) is 12.4. The second-order valence-corrected chi connectivity index (χ2v) is 9.26. The van der Waals surface area contributed by atoms with E-state index in [0.29, 0.717) is 10.8 Å². The number of anilines is 2. The average molecular weight is 457 g/mol. The van der Waals surface area contributed by atoms with Gasteiger partial charge in [0.25, 0.3) is 0 Å². The Morgan fingerprint density at radius 2 is 1.87 bits per heavy atom. The average Bonchev–Trinajstić information content (AvgIpc) is 3.20. The van der Waals surface area contributed by atoms with E-state index in [1.54, 1.807) is 18.3 Å². The van der Waals surface area contributed by atoms with Crippen molar-refractivity contribution in [3.05, 3.63) is 53.3 Å². The summed E-state index contributed by atoms with van der Waals surface area (Å²) in [6, 6.07) is 11.7.